The van der Waals surface area contributed by atoms with E-state index in [1.807, 2.05) is 18.7 Å². The van der Waals surface area contributed by atoms with Crippen LogP contribution in [0, 0.1) is 11.7 Å². The van der Waals surface area contributed by atoms with Crippen molar-refractivity contribution < 1.29 is 14.0 Å². The third kappa shape index (κ3) is 4.68. The summed E-state index contributed by atoms with van der Waals surface area (Å²) in [7, 11) is 0. The number of carbonyl (C=O) groups excluding carboxylic acids is 2. The molecule has 2 aromatic rings. The maximum atomic E-state index is 14.3. The van der Waals surface area contributed by atoms with Crippen LogP contribution in [0.15, 0.2) is 36.9 Å². The first-order valence-electron chi connectivity index (χ1n) is 9.54. The second-order valence-corrected chi connectivity index (χ2v) is 7.24. The van der Waals surface area contributed by atoms with Crippen LogP contribution in [0.25, 0.3) is 5.69 Å². The van der Waals surface area contributed by atoms with Crippen molar-refractivity contribution in [2.75, 3.05) is 26.2 Å². The number of aromatic nitrogens is 2. The number of nitrogens with one attached hydrogen (secondary N) is 1. The SMILES string of the molecule is CC(C)C(=O)N1CCCN(C(=O)NCc2ccc(-n3ccnc3)c(F)c2)CC1. The number of rotatable bonds is 4. The largest absolute Gasteiger partial charge is 0.341 e. The Morgan fingerprint density at radius 2 is 1.93 bits per heavy atom. The number of imidazole rings is 1. The van der Waals surface area contributed by atoms with Gasteiger partial charge < -0.3 is 19.7 Å². The highest BCUT2D eigenvalue weighted by molar-refractivity contribution is 5.78. The van der Waals surface area contributed by atoms with Gasteiger partial charge in [-0.3, -0.25) is 4.79 Å². The molecule has 1 N–H and O–H groups in total. The molecule has 28 heavy (non-hydrogen) atoms. The second-order valence-electron chi connectivity index (χ2n) is 7.24. The number of urea groups is 1. The Bertz CT molecular complexity index is 822. The van der Waals surface area contributed by atoms with Gasteiger partial charge in [0.05, 0.1) is 12.0 Å². The van der Waals surface area contributed by atoms with E-state index in [1.54, 1.807) is 34.0 Å². The molecule has 0 spiro atoms. The second kappa shape index (κ2) is 8.86. The molecule has 0 saturated carbocycles. The van der Waals surface area contributed by atoms with Crippen molar-refractivity contribution in [3.63, 3.8) is 0 Å². The molecule has 0 atom stereocenters. The topological polar surface area (TPSA) is 70.5 Å². The molecular formula is C20H26FN5O2. The Kier molecular flexibility index (Phi) is 6.28. The van der Waals surface area contributed by atoms with Crippen LogP contribution in [0.3, 0.4) is 0 Å². The summed E-state index contributed by atoms with van der Waals surface area (Å²) < 4.78 is 15.9. The van der Waals surface area contributed by atoms with Crippen molar-refractivity contribution >= 4 is 11.9 Å². The Morgan fingerprint density at radius 3 is 2.61 bits per heavy atom. The predicted octanol–water partition coefficient (Wildman–Crippen LogP) is 2.41. The van der Waals surface area contributed by atoms with Gasteiger partial charge >= 0.3 is 6.03 Å². The molecule has 8 heteroatoms. The number of carbonyl (C=O) groups is 2. The van der Waals surface area contributed by atoms with E-state index < -0.39 is 0 Å². The minimum atomic E-state index is -0.373. The van der Waals surface area contributed by atoms with Crippen LogP contribution in [-0.2, 0) is 11.3 Å². The molecule has 7 nitrogen and oxygen atoms in total. The molecule has 1 saturated heterocycles. The molecule has 0 unspecified atom stereocenters. The van der Waals surface area contributed by atoms with Gasteiger partial charge in [-0.05, 0) is 24.1 Å². The van der Waals surface area contributed by atoms with Gasteiger partial charge in [0.2, 0.25) is 5.91 Å². The molecule has 3 rings (SSSR count). The highest BCUT2D eigenvalue weighted by Crippen LogP contribution is 2.15. The van der Waals surface area contributed by atoms with Crippen molar-refractivity contribution in [2.45, 2.75) is 26.8 Å². The van der Waals surface area contributed by atoms with Crippen molar-refractivity contribution in [1.82, 2.24) is 24.7 Å². The lowest BCUT2D eigenvalue weighted by atomic mass is 10.2. The summed E-state index contributed by atoms with van der Waals surface area (Å²) in [5.41, 5.74) is 1.09. The smallest absolute Gasteiger partial charge is 0.317 e. The lowest BCUT2D eigenvalue weighted by Gasteiger charge is -2.23. The van der Waals surface area contributed by atoms with Crippen LogP contribution in [0.2, 0.25) is 0 Å². The summed E-state index contributed by atoms with van der Waals surface area (Å²) in [6, 6.07) is 4.67. The van der Waals surface area contributed by atoms with E-state index in [9.17, 15) is 14.0 Å². The Labute approximate surface area is 164 Å². The molecule has 1 aliphatic heterocycles. The molecule has 1 aromatic heterocycles. The molecule has 2 heterocycles. The number of hydrogen-bond acceptors (Lipinski definition) is 3. The predicted molar refractivity (Wildman–Crippen MR) is 103 cm³/mol. The fraction of sp³-hybridized carbons (Fsp3) is 0.450. The van der Waals surface area contributed by atoms with Crippen LogP contribution in [0.5, 0.6) is 0 Å². The van der Waals surface area contributed by atoms with Crippen LogP contribution in [0.1, 0.15) is 25.8 Å². The third-order valence-corrected chi connectivity index (χ3v) is 4.83. The first kappa shape index (κ1) is 19.9. The zero-order valence-corrected chi connectivity index (χ0v) is 16.3. The average Bonchev–Trinajstić information content (AvgIpc) is 3.09. The molecule has 150 valence electrons. The average molecular weight is 387 g/mol. The lowest BCUT2D eigenvalue weighted by molar-refractivity contribution is -0.134. The monoisotopic (exact) mass is 387 g/mol. The minimum Gasteiger partial charge on any atom is -0.341 e. The van der Waals surface area contributed by atoms with Gasteiger partial charge in [-0.15, -0.1) is 0 Å². The van der Waals surface area contributed by atoms with Gasteiger partial charge in [-0.2, -0.15) is 0 Å². The van der Waals surface area contributed by atoms with E-state index in [-0.39, 0.29) is 30.2 Å². The zero-order chi connectivity index (χ0) is 20.1. The summed E-state index contributed by atoms with van der Waals surface area (Å²) in [6.45, 7) is 6.31. The van der Waals surface area contributed by atoms with E-state index >= 15 is 0 Å². The van der Waals surface area contributed by atoms with Gasteiger partial charge in [-0.25, -0.2) is 14.2 Å². The molecule has 0 radical (unpaired) electrons. The maximum absolute atomic E-state index is 14.3. The number of amides is 3. The molecule has 0 aliphatic carbocycles. The van der Waals surface area contributed by atoms with Crippen LogP contribution < -0.4 is 5.32 Å². The summed E-state index contributed by atoms with van der Waals surface area (Å²) in [5, 5.41) is 2.84. The van der Waals surface area contributed by atoms with E-state index in [2.05, 4.69) is 10.3 Å². The van der Waals surface area contributed by atoms with Gasteiger partial charge in [0.25, 0.3) is 0 Å². The lowest BCUT2D eigenvalue weighted by Crippen LogP contribution is -2.42. The molecule has 1 aliphatic rings. The Hall–Kier alpha value is -2.90. The Morgan fingerprint density at radius 1 is 1.18 bits per heavy atom. The molecular weight excluding hydrogens is 361 g/mol. The standard InChI is InChI=1S/C20H26FN5O2/c1-15(2)19(27)24-7-3-8-25(11-10-24)20(28)23-13-16-4-5-18(17(21)12-16)26-9-6-22-14-26/h4-6,9,12,14-15H,3,7-8,10-11,13H2,1-2H3,(H,23,28). The minimum absolute atomic E-state index is 0.0411. The number of benzene rings is 1. The third-order valence-electron chi connectivity index (χ3n) is 4.83. The number of hydrogen-bond donors (Lipinski definition) is 1. The van der Waals surface area contributed by atoms with Crippen molar-refractivity contribution in [3.8, 4) is 5.69 Å². The van der Waals surface area contributed by atoms with Crippen LogP contribution in [-0.4, -0.2) is 57.5 Å². The van der Waals surface area contributed by atoms with E-state index in [0.29, 0.717) is 37.4 Å². The van der Waals surface area contributed by atoms with Crippen LogP contribution in [0.4, 0.5) is 9.18 Å². The fourth-order valence-corrected chi connectivity index (χ4v) is 3.27. The molecule has 1 fully saturated rings. The van der Waals surface area contributed by atoms with Crippen molar-refractivity contribution in [3.05, 3.63) is 48.3 Å². The van der Waals surface area contributed by atoms with E-state index in [0.717, 1.165) is 6.42 Å². The van der Waals surface area contributed by atoms with E-state index in [1.165, 1.54) is 12.4 Å². The molecule has 3 amide bonds. The summed E-state index contributed by atoms with van der Waals surface area (Å²) >= 11 is 0. The van der Waals surface area contributed by atoms with Crippen molar-refractivity contribution in [2.24, 2.45) is 5.92 Å². The van der Waals surface area contributed by atoms with Crippen LogP contribution >= 0.6 is 0 Å². The zero-order valence-electron chi connectivity index (χ0n) is 16.3. The maximum Gasteiger partial charge on any atom is 0.317 e. The first-order valence-corrected chi connectivity index (χ1v) is 9.54. The molecule has 0 bridgehead atoms. The van der Waals surface area contributed by atoms with Gasteiger partial charge in [0.1, 0.15) is 5.82 Å². The first-order chi connectivity index (χ1) is 13.5. The normalized spacial score (nSPS) is 14.9. The Balaban J connectivity index is 1.54. The van der Waals surface area contributed by atoms with E-state index in [4.69, 9.17) is 0 Å². The highest BCUT2D eigenvalue weighted by Gasteiger charge is 2.23. The fourth-order valence-electron chi connectivity index (χ4n) is 3.27. The quantitative estimate of drug-likeness (QED) is 0.876. The number of nitrogens with zero attached hydrogens (tertiary/aromatic N) is 4. The summed E-state index contributed by atoms with van der Waals surface area (Å²) in [4.78, 5) is 32.1. The summed E-state index contributed by atoms with van der Waals surface area (Å²) in [5.74, 6) is -0.293. The van der Waals surface area contributed by atoms with Gasteiger partial charge in [0.15, 0.2) is 0 Å². The highest BCUT2D eigenvalue weighted by atomic mass is 19.1. The molecule has 1 aromatic carbocycles. The van der Waals surface area contributed by atoms with Gasteiger partial charge in [0, 0.05) is 51.0 Å². The van der Waals surface area contributed by atoms with Gasteiger partial charge in [-0.1, -0.05) is 19.9 Å². The summed E-state index contributed by atoms with van der Waals surface area (Å²) in [6.07, 6.45) is 5.55. The number of halogens is 1. The van der Waals surface area contributed by atoms with Crippen molar-refractivity contribution in [1.29, 1.82) is 0 Å².